The van der Waals surface area contributed by atoms with E-state index in [0.717, 1.165) is 11.1 Å². The van der Waals surface area contributed by atoms with Crippen molar-refractivity contribution in [1.82, 2.24) is 0 Å². The van der Waals surface area contributed by atoms with E-state index in [1.807, 2.05) is 19.1 Å². The minimum Gasteiger partial charge on any atom is -0.192 e. The first kappa shape index (κ1) is 12.4. The summed E-state index contributed by atoms with van der Waals surface area (Å²) in [6.07, 6.45) is 0. The van der Waals surface area contributed by atoms with Gasteiger partial charge in [0, 0.05) is 0 Å². The fraction of sp³-hybridized carbons (Fsp3) is 0.235. The van der Waals surface area contributed by atoms with Crippen molar-refractivity contribution in [3.05, 3.63) is 59.2 Å². The Morgan fingerprint density at radius 1 is 1.00 bits per heavy atom. The normalized spacial score (nSPS) is 10.4. The summed E-state index contributed by atoms with van der Waals surface area (Å²) in [4.78, 5) is 0. The molecule has 1 nitrogen and oxygen atoms in total. The van der Waals surface area contributed by atoms with Crippen LogP contribution in [0.3, 0.4) is 0 Å². The van der Waals surface area contributed by atoms with Crippen LogP contribution in [0.4, 0.5) is 0 Å². The highest BCUT2D eigenvalue weighted by Gasteiger charge is 2.04. The van der Waals surface area contributed by atoms with Gasteiger partial charge in [0.1, 0.15) is 0 Å². The predicted molar refractivity (Wildman–Crippen MR) is 75.4 cm³/mol. The number of benzene rings is 2. The standard InChI is InChI=1S/C17H17N/c1-12(2)14-5-4-6-15(10-14)16-7-8-17(11-18)13(3)9-16/h4-10,12H,1-3H3. The molecule has 0 aliphatic rings. The predicted octanol–water partition coefficient (Wildman–Crippen LogP) is 4.66. The summed E-state index contributed by atoms with van der Waals surface area (Å²) in [5.41, 5.74) is 5.51. The Bertz CT molecular complexity index is 603. The van der Waals surface area contributed by atoms with Gasteiger partial charge in [0.15, 0.2) is 0 Å². The van der Waals surface area contributed by atoms with Crippen molar-refractivity contribution in [1.29, 1.82) is 5.26 Å². The SMILES string of the molecule is Cc1cc(-c2cccc(C(C)C)c2)ccc1C#N. The molecule has 0 heterocycles. The molecule has 0 atom stereocenters. The summed E-state index contributed by atoms with van der Waals surface area (Å²) in [5, 5.41) is 8.95. The second kappa shape index (κ2) is 5.06. The van der Waals surface area contributed by atoms with Crippen molar-refractivity contribution in [3.63, 3.8) is 0 Å². The molecule has 90 valence electrons. The average molecular weight is 235 g/mol. The summed E-state index contributed by atoms with van der Waals surface area (Å²) >= 11 is 0. The second-order valence-electron chi connectivity index (χ2n) is 4.92. The third kappa shape index (κ3) is 2.43. The Labute approximate surface area is 109 Å². The van der Waals surface area contributed by atoms with Gasteiger partial charge in [0.2, 0.25) is 0 Å². The molecule has 0 fully saturated rings. The number of nitriles is 1. The molecule has 2 aromatic rings. The molecule has 18 heavy (non-hydrogen) atoms. The van der Waals surface area contributed by atoms with Crippen LogP contribution in [0.5, 0.6) is 0 Å². The van der Waals surface area contributed by atoms with Gasteiger partial charge >= 0.3 is 0 Å². The average Bonchev–Trinajstić information content (AvgIpc) is 2.38. The quantitative estimate of drug-likeness (QED) is 0.742. The molecular weight excluding hydrogens is 218 g/mol. The topological polar surface area (TPSA) is 23.8 Å². The Hall–Kier alpha value is -2.07. The zero-order chi connectivity index (χ0) is 13.1. The van der Waals surface area contributed by atoms with Crippen LogP contribution in [0.25, 0.3) is 11.1 Å². The first-order valence-corrected chi connectivity index (χ1v) is 6.23. The molecule has 0 aliphatic heterocycles. The van der Waals surface area contributed by atoms with Crippen molar-refractivity contribution < 1.29 is 0 Å². The fourth-order valence-electron chi connectivity index (χ4n) is 2.05. The van der Waals surface area contributed by atoms with Gasteiger partial charge < -0.3 is 0 Å². The summed E-state index contributed by atoms with van der Waals surface area (Å²) in [6, 6.07) is 16.8. The highest BCUT2D eigenvalue weighted by molar-refractivity contribution is 5.66. The van der Waals surface area contributed by atoms with Gasteiger partial charge in [-0.25, -0.2) is 0 Å². The first-order valence-electron chi connectivity index (χ1n) is 6.23. The molecule has 0 bridgehead atoms. The number of nitrogens with zero attached hydrogens (tertiary/aromatic N) is 1. The zero-order valence-corrected chi connectivity index (χ0v) is 11.1. The molecule has 2 rings (SSSR count). The molecule has 0 amide bonds. The summed E-state index contributed by atoms with van der Waals surface area (Å²) in [6.45, 7) is 6.38. The maximum absolute atomic E-state index is 8.95. The molecule has 0 N–H and O–H groups in total. The fourth-order valence-corrected chi connectivity index (χ4v) is 2.05. The van der Waals surface area contributed by atoms with Crippen molar-refractivity contribution in [3.8, 4) is 17.2 Å². The highest BCUT2D eigenvalue weighted by Crippen LogP contribution is 2.25. The van der Waals surface area contributed by atoms with Gasteiger partial charge in [-0.3, -0.25) is 0 Å². The molecule has 0 spiro atoms. The van der Waals surface area contributed by atoms with Crippen molar-refractivity contribution in [2.24, 2.45) is 0 Å². The van der Waals surface area contributed by atoms with Crippen LogP contribution < -0.4 is 0 Å². The smallest absolute Gasteiger partial charge is 0.0994 e. The molecule has 0 aromatic heterocycles. The van der Waals surface area contributed by atoms with E-state index in [0.29, 0.717) is 5.92 Å². The molecular formula is C17H17N. The van der Waals surface area contributed by atoms with Crippen molar-refractivity contribution in [2.45, 2.75) is 26.7 Å². The van der Waals surface area contributed by atoms with Gasteiger partial charge in [0.25, 0.3) is 0 Å². The lowest BCUT2D eigenvalue weighted by Gasteiger charge is -2.09. The second-order valence-corrected chi connectivity index (χ2v) is 4.92. The Morgan fingerprint density at radius 3 is 2.33 bits per heavy atom. The van der Waals surface area contributed by atoms with Crippen LogP contribution in [0.15, 0.2) is 42.5 Å². The summed E-state index contributed by atoms with van der Waals surface area (Å²) in [7, 11) is 0. The van der Waals surface area contributed by atoms with Gasteiger partial charge in [0.05, 0.1) is 11.6 Å². The van der Waals surface area contributed by atoms with Crippen molar-refractivity contribution in [2.75, 3.05) is 0 Å². The number of hydrogen-bond donors (Lipinski definition) is 0. The minimum atomic E-state index is 0.532. The lowest BCUT2D eigenvalue weighted by Crippen LogP contribution is -1.89. The van der Waals surface area contributed by atoms with E-state index in [1.165, 1.54) is 16.7 Å². The van der Waals surface area contributed by atoms with E-state index in [1.54, 1.807) is 0 Å². The number of aryl methyl sites for hydroxylation is 1. The van der Waals surface area contributed by atoms with E-state index in [4.69, 9.17) is 5.26 Å². The largest absolute Gasteiger partial charge is 0.192 e. The summed E-state index contributed by atoms with van der Waals surface area (Å²) in [5.74, 6) is 0.532. The van der Waals surface area contributed by atoms with Gasteiger partial charge in [-0.15, -0.1) is 0 Å². The Morgan fingerprint density at radius 2 is 1.72 bits per heavy atom. The Balaban J connectivity index is 2.46. The molecule has 0 saturated heterocycles. The lowest BCUT2D eigenvalue weighted by atomic mass is 9.96. The molecule has 0 aliphatic carbocycles. The molecule has 1 heteroatoms. The lowest BCUT2D eigenvalue weighted by molar-refractivity contribution is 0.867. The maximum Gasteiger partial charge on any atom is 0.0994 e. The van der Waals surface area contributed by atoms with Gasteiger partial charge in [-0.05, 0) is 41.2 Å². The van der Waals surface area contributed by atoms with Crippen LogP contribution >= 0.6 is 0 Å². The highest BCUT2D eigenvalue weighted by atomic mass is 14.2. The molecule has 0 saturated carbocycles. The molecule has 0 unspecified atom stereocenters. The maximum atomic E-state index is 8.95. The van der Waals surface area contributed by atoms with E-state index < -0.39 is 0 Å². The van der Waals surface area contributed by atoms with E-state index in [2.05, 4.69) is 50.2 Å². The van der Waals surface area contributed by atoms with Crippen LogP contribution in [-0.4, -0.2) is 0 Å². The number of hydrogen-bond acceptors (Lipinski definition) is 1. The van der Waals surface area contributed by atoms with Crippen molar-refractivity contribution >= 4 is 0 Å². The minimum absolute atomic E-state index is 0.532. The third-order valence-corrected chi connectivity index (χ3v) is 3.23. The van der Waals surface area contributed by atoms with Crippen LogP contribution in [-0.2, 0) is 0 Å². The third-order valence-electron chi connectivity index (χ3n) is 3.23. The first-order chi connectivity index (χ1) is 8.61. The number of rotatable bonds is 2. The molecule has 0 radical (unpaired) electrons. The molecule has 2 aromatic carbocycles. The summed E-state index contributed by atoms with van der Waals surface area (Å²) < 4.78 is 0. The van der Waals surface area contributed by atoms with Gasteiger partial charge in [-0.2, -0.15) is 5.26 Å². The van der Waals surface area contributed by atoms with Crippen LogP contribution in [0.2, 0.25) is 0 Å². The zero-order valence-electron chi connectivity index (χ0n) is 11.1. The van der Waals surface area contributed by atoms with E-state index in [-0.39, 0.29) is 0 Å². The van der Waals surface area contributed by atoms with E-state index >= 15 is 0 Å². The van der Waals surface area contributed by atoms with Crippen LogP contribution in [0, 0.1) is 18.3 Å². The van der Waals surface area contributed by atoms with Crippen LogP contribution in [0.1, 0.15) is 36.5 Å². The van der Waals surface area contributed by atoms with Gasteiger partial charge in [-0.1, -0.05) is 50.2 Å². The Kier molecular flexibility index (Phi) is 3.48. The monoisotopic (exact) mass is 235 g/mol. The van der Waals surface area contributed by atoms with E-state index in [9.17, 15) is 0 Å².